The highest BCUT2D eigenvalue weighted by Gasteiger charge is 2.24. The number of anilines is 1. The summed E-state index contributed by atoms with van der Waals surface area (Å²) in [5.41, 5.74) is 6.51. The summed E-state index contributed by atoms with van der Waals surface area (Å²) < 4.78 is 22.9. The van der Waals surface area contributed by atoms with E-state index in [1.165, 1.54) is 6.08 Å². The highest BCUT2D eigenvalue weighted by Crippen LogP contribution is 2.23. The minimum atomic E-state index is -3.17. The molecule has 0 aliphatic carbocycles. The lowest BCUT2D eigenvalue weighted by molar-refractivity contribution is 0.0947. The van der Waals surface area contributed by atoms with Gasteiger partial charge in [0, 0.05) is 11.1 Å². The number of carbonyl (C=O) groups is 1. The van der Waals surface area contributed by atoms with Crippen LogP contribution in [0.1, 0.15) is 10.4 Å². The molecule has 5 nitrogen and oxygen atoms in total. The predicted octanol–water partition coefficient (Wildman–Crippen LogP) is 1.07. The van der Waals surface area contributed by atoms with Gasteiger partial charge in [-0.25, -0.2) is 8.42 Å². The minimum Gasteiger partial charge on any atom is -0.398 e. The number of hydrogen-bond acceptors (Lipinski definition) is 4. The zero-order valence-electron chi connectivity index (χ0n) is 9.26. The van der Waals surface area contributed by atoms with E-state index in [2.05, 4.69) is 21.2 Å². The van der Waals surface area contributed by atoms with Crippen LogP contribution in [0.2, 0.25) is 0 Å². The first-order valence-electron chi connectivity index (χ1n) is 5.15. The summed E-state index contributed by atoms with van der Waals surface area (Å²) in [6, 6.07) is 4.45. The number of nitrogens with one attached hydrogen (secondary N) is 1. The topological polar surface area (TPSA) is 89.3 Å². The third-order valence-electron chi connectivity index (χ3n) is 2.52. The van der Waals surface area contributed by atoms with Gasteiger partial charge in [-0.3, -0.25) is 4.79 Å². The van der Waals surface area contributed by atoms with Crippen LogP contribution >= 0.6 is 15.9 Å². The van der Waals surface area contributed by atoms with Gasteiger partial charge in [0.1, 0.15) is 0 Å². The number of nitrogens with two attached hydrogens (primary N) is 1. The molecular formula is C11H11BrN2O3S. The summed E-state index contributed by atoms with van der Waals surface area (Å²) in [5, 5.41) is 3.75. The van der Waals surface area contributed by atoms with Crippen LogP contribution in [0.15, 0.2) is 34.2 Å². The quantitative estimate of drug-likeness (QED) is 0.794. The van der Waals surface area contributed by atoms with Gasteiger partial charge in [-0.2, -0.15) is 0 Å². The molecule has 0 aromatic heterocycles. The lowest BCUT2D eigenvalue weighted by Crippen LogP contribution is -2.35. The van der Waals surface area contributed by atoms with Crippen LogP contribution in [-0.2, 0) is 9.84 Å². The molecular weight excluding hydrogens is 320 g/mol. The second kappa shape index (κ2) is 4.74. The molecule has 0 saturated heterocycles. The Morgan fingerprint density at radius 3 is 2.78 bits per heavy atom. The second-order valence-electron chi connectivity index (χ2n) is 3.95. The Labute approximate surface area is 113 Å². The fraction of sp³-hybridized carbons (Fsp3) is 0.182. The molecule has 0 bridgehead atoms. The van der Waals surface area contributed by atoms with Crippen molar-refractivity contribution in [3.05, 3.63) is 39.7 Å². The summed E-state index contributed by atoms with van der Waals surface area (Å²) in [6.07, 6.45) is 1.47. The molecule has 1 heterocycles. The Bertz CT molecular complexity index is 625. The normalized spacial score (nSPS) is 20.8. The minimum absolute atomic E-state index is 0.0985. The molecule has 0 radical (unpaired) electrons. The zero-order chi connectivity index (χ0) is 13.3. The van der Waals surface area contributed by atoms with Crippen molar-refractivity contribution in [1.29, 1.82) is 0 Å². The number of benzene rings is 1. The maximum absolute atomic E-state index is 12.0. The fourth-order valence-corrected chi connectivity index (χ4v) is 3.32. The Morgan fingerprint density at radius 1 is 1.44 bits per heavy atom. The van der Waals surface area contributed by atoms with E-state index in [-0.39, 0.29) is 11.7 Å². The third kappa shape index (κ3) is 2.73. The van der Waals surface area contributed by atoms with Crippen molar-refractivity contribution < 1.29 is 13.2 Å². The first-order chi connectivity index (χ1) is 8.39. The number of nitrogen functional groups attached to an aromatic ring is 1. The molecule has 18 heavy (non-hydrogen) atoms. The summed E-state index contributed by atoms with van der Waals surface area (Å²) in [5.74, 6) is -0.459. The van der Waals surface area contributed by atoms with Crippen molar-refractivity contribution in [3.8, 4) is 0 Å². The standard InChI is InChI=1S/C11H11BrN2O3S/c12-10-8(2-1-3-9(10)13)11(15)14-7-4-5-18(16,17)6-7/h1-5,7H,6,13H2,(H,14,15). The van der Waals surface area contributed by atoms with Crippen molar-refractivity contribution in [3.63, 3.8) is 0 Å². The van der Waals surface area contributed by atoms with Gasteiger partial charge in [0.2, 0.25) is 0 Å². The molecule has 0 spiro atoms. The van der Waals surface area contributed by atoms with Crippen LogP contribution in [0.4, 0.5) is 5.69 Å². The molecule has 1 aromatic rings. The molecule has 0 fully saturated rings. The maximum atomic E-state index is 12.0. The number of sulfone groups is 1. The molecule has 1 aliphatic rings. The van der Waals surface area contributed by atoms with E-state index >= 15 is 0 Å². The van der Waals surface area contributed by atoms with Crippen LogP contribution < -0.4 is 11.1 Å². The average Bonchev–Trinajstić information content (AvgIpc) is 2.62. The van der Waals surface area contributed by atoms with E-state index in [4.69, 9.17) is 5.73 Å². The monoisotopic (exact) mass is 330 g/mol. The van der Waals surface area contributed by atoms with Gasteiger partial charge in [-0.15, -0.1) is 0 Å². The summed E-state index contributed by atoms with van der Waals surface area (Å²) in [4.78, 5) is 12.0. The van der Waals surface area contributed by atoms with Gasteiger partial charge in [0.25, 0.3) is 5.91 Å². The van der Waals surface area contributed by atoms with Gasteiger partial charge in [0.15, 0.2) is 9.84 Å². The number of carbonyl (C=O) groups excluding carboxylic acids is 1. The van der Waals surface area contributed by atoms with Crippen LogP contribution in [0.25, 0.3) is 0 Å². The van der Waals surface area contributed by atoms with Crippen LogP contribution in [0.5, 0.6) is 0 Å². The fourth-order valence-electron chi connectivity index (χ4n) is 1.64. The molecule has 1 aliphatic heterocycles. The van der Waals surface area contributed by atoms with E-state index in [0.717, 1.165) is 5.41 Å². The summed E-state index contributed by atoms with van der Waals surface area (Å²) in [7, 11) is -3.17. The van der Waals surface area contributed by atoms with Crippen molar-refractivity contribution in [1.82, 2.24) is 5.32 Å². The Hall–Kier alpha value is -1.34. The second-order valence-corrected chi connectivity index (χ2v) is 6.67. The SMILES string of the molecule is Nc1cccc(C(=O)NC2C=CS(=O)(=O)C2)c1Br. The summed E-state index contributed by atoms with van der Waals surface area (Å²) >= 11 is 3.23. The van der Waals surface area contributed by atoms with Gasteiger partial charge < -0.3 is 11.1 Å². The number of hydrogen-bond donors (Lipinski definition) is 2. The smallest absolute Gasteiger partial charge is 0.252 e. The van der Waals surface area contributed by atoms with Crippen molar-refractivity contribution in [2.24, 2.45) is 0 Å². The summed E-state index contributed by atoms with van der Waals surface area (Å²) in [6.45, 7) is 0. The molecule has 1 amide bonds. The zero-order valence-corrected chi connectivity index (χ0v) is 11.7. The van der Waals surface area contributed by atoms with Gasteiger partial charge in [-0.05, 0) is 34.1 Å². The third-order valence-corrected chi connectivity index (χ3v) is 4.80. The molecule has 2 rings (SSSR count). The lowest BCUT2D eigenvalue weighted by atomic mass is 10.2. The highest BCUT2D eigenvalue weighted by atomic mass is 79.9. The van der Waals surface area contributed by atoms with E-state index < -0.39 is 15.9 Å². The number of rotatable bonds is 2. The van der Waals surface area contributed by atoms with Crippen LogP contribution in [0, 0.1) is 0 Å². The molecule has 1 unspecified atom stereocenters. The van der Waals surface area contributed by atoms with Crippen LogP contribution in [0.3, 0.4) is 0 Å². The van der Waals surface area contributed by atoms with Crippen LogP contribution in [-0.4, -0.2) is 26.1 Å². The first-order valence-corrected chi connectivity index (χ1v) is 7.66. The van der Waals surface area contributed by atoms with E-state index in [0.29, 0.717) is 15.7 Å². The van der Waals surface area contributed by atoms with Gasteiger partial charge in [-0.1, -0.05) is 6.07 Å². The molecule has 3 N–H and O–H groups in total. The Morgan fingerprint density at radius 2 is 2.17 bits per heavy atom. The van der Waals surface area contributed by atoms with Crippen molar-refractivity contribution >= 4 is 37.4 Å². The molecule has 7 heteroatoms. The Balaban J connectivity index is 2.14. The number of halogens is 1. The van der Waals surface area contributed by atoms with E-state index in [9.17, 15) is 13.2 Å². The molecule has 1 aromatic carbocycles. The first kappa shape index (κ1) is 13.1. The van der Waals surface area contributed by atoms with Gasteiger partial charge >= 0.3 is 0 Å². The van der Waals surface area contributed by atoms with Crippen molar-refractivity contribution in [2.75, 3.05) is 11.5 Å². The highest BCUT2D eigenvalue weighted by molar-refractivity contribution is 9.10. The average molecular weight is 331 g/mol. The van der Waals surface area contributed by atoms with Gasteiger partial charge in [0.05, 0.1) is 21.8 Å². The molecule has 1 atom stereocenters. The molecule has 96 valence electrons. The van der Waals surface area contributed by atoms with Crippen molar-refractivity contribution in [2.45, 2.75) is 6.04 Å². The van der Waals surface area contributed by atoms with E-state index in [1.54, 1.807) is 18.2 Å². The lowest BCUT2D eigenvalue weighted by Gasteiger charge is -2.11. The number of amides is 1. The maximum Gasteiger partial charge on any atom is 0.252 e. The largest absolute Gasteiger partial charge is 0.398 e. The Kier molecular flexibility index (Phi) is 3.45. The predicted molar refractivity (Wildman–Crippen MR) is 72.7 cm³/mol. The van der Waals surface area contributed by atoms with E-state index in [1.807, 2.05) is 0 Å². The molecule has 0 saturated carbocycles.